The molecule has 130 valence electrons. The van der Waals surface area contributed by atoms with Crippen molar-refractivity contribution in [3.63, 3.8) is 0 Å². The molecule has 0 aliphatic carbocycles. The lowest BCUT2D eigenvalue weighted by atomic mass is 10.1. The topological polar surface area (TPSA) is 77.1 Å². The number of hydrogen-bond acceptors (Lipinski definition) is 5. The van der Waals surface area contributed by atoms with E-state index in [4.69, 9.17) is 9.47 Å². The van der Waals surface area contributed by atoms with Crippen LogP contribution in [0.4, 0.5) is 0 Å². The number of rotatable bonds is 5. The van der Waals surface area contributed by atoms with Gasteiger partial charge in [-0.2, -0.15) is 10.4 Å². The van der Waals surface area contributed by atoms with Crippen LogP contribution >= 0.6 is 0 Å². The van der Waals surface area contributed by atoms with E-state index in [-0.39, 0.29) is 11.3 Å². The van der Waals surface area contributed by atoms with Gasteiger partial charge in [-0.05, 0) is 42.3 Å². The maximum Gasteiger partial charge on any atom is 0.311 e. The molecule has 0 amide bonds. The molecule has 2 aromatic carbocycles. The third kappa shape index (κ3) is 3.57. The minimum Gasteiger partial charge on any atom is -0.497 e. The van der Waals surface area contributed by atoms with E-state index in [1.165, 1.54) is 10.9 Å². The average Bonchev–Trinajstić information content (AvgIpc) is 2.67. The van der Waals surface area contributed by atoms with Crippen molar-refractivity contribution in [2.75, 3.05) is 7.11 Å². The summed E-state index contributed by atoms with van der Waals surface area (Å²) in [4.78, 5) is 12.8. The number of nitrogens with zero attached hydrogens (tertiary/aromatic N) is 3. The first-order valence-electron chi connectivity index (χ1n) is 7.99. The van der Waals surface area contributed by atoms with Crippen LogP contribution in [0.2, 0.25) is 0 Å². The van der Waals surface area contributed by atoms with Gasteiger partial charge in [-0.25, -0.2) is 4.68 Å². The number of aryl methyl sites for hydroxylation is 1. The summed E-state index contributed by atoms with van der Waals surface area (Å²) in [6, 6.07) is 16.5. The maximum atomic E-state index is 12.8. The molecule has 0 radical (unpaired) electrons. The molecule has 6 nitrogen and oxygen atoms in total. The molecule has 26 heavy (non-hydrogen) atoms. The second kappa shape index (κ2) is 7.53. The van der Waals surface area contributed by atoms with Gasteiger partial charge in [-0.3, -0.25) is 4.79 Å². The summed E-state index contributed by atoms with van der Waals surface area (Å²) >= 11 is 0. The lowest BCUT2D eigenvalue weighted by Gasteiger charge is -2.11. The average molecular weight is 347 g/mol. The monoisotopic (exact) mass is 347 g/mol. The fourth-order valence-electron chi connectivity index (χ4n) is 2.47. The number of benzene rings is 2. The fraction of sp³-hybridized carbons (Fsp3) is 0.150. The summed E-state index contributed by atoms with van der Waals surface area (Å²) < 4.78 is 12.1. The van der Waals surface area contributed by atoms with Crippen molar-refractivity contribution in [3.8, 4) is 23.3 Å². The van der Waals surface area contributed by atoms with Gasteiger partial charge in [0.05, 0.1) is 19.9 Å². The van der Waals surface area contributed by atoms with Gasteiger partial charge < -0.3 is 9.47 Å². The molecule has 0 unspecified atom stereocenters. The van der Waals surface area contributed by atoms with Crippen molar-refractivity contribution in [1.82, 2.24) is 9.78 Å². The summed E-state index contributed by atoms with van der Waals surface area (Å²) in [5, 5.41) is 13.4. The standard InChI is InChI=1S/C20H17N3O3/c1-14-5-3-4-6-15(14)13-23-20(24)19(16(11-21)12-22-23)26-18-9-7-17(25-2)8-10-18/h3-10,12H,13H2,1-2H3. The van der Waals surface area contributed by atoms with Gasteiger partial charge in [0.15, 0.2) is 0 Å². The number of aromatic nitrogens is 2. The van der Waals surface area contributed by atoms with E-state index < -0.39 is 5.56 Å². The molecule has 3 aromatic rings. The minimum absolute atomic E-state index is 0.0405. The molecule has 3 rings (SSSR count). The smallest absolute Gasteiger partial charge is 0.311 e. The quantitative estimate of drug-likeness (QED) is 0.708. The van der Waals surface area contributed by atoms with Crippen LogP contribution in [-0.2, 0) is 6.54 Å². The highest BCUT2D eigenvalue weighted by molar-refractivity contribution is 5.43. The first-order valence-corrected chi connectivity index (χ1v) is 7.99. The maximum absolute atomic E-state index is 12.8. The Kier molecular flexibility index (Phi) is 4.99. The van der Waals surface area contributed by atoms with Crippen molar-refractivity contribution in [2.45, 2.75) is 13.5 Å². The lowest BCUT2D eigenvalue weighted by molar-refractivity contribution is 0.412. The van der Waals surface area contributed by atoms with Crippen molar-refractivity contribution in [3.05, 3.63) is 81.8 Å². The zero-order chi connectivity index (χ0) is 18.5. The molecule has 0 bridgehead atoms. The summed E-state index contributed by atoms with van der Waals surface area (Å²) in [5.74, 6) is 1.07. The van der Waals surface area contributed by atoms with E-state index in [2.05, 4.69) is 5.10 Å². The van der Waals surface area contributed by atoms with Gasteiger partial charge in [-0.1, -0.05) is 24.3 Å². The zero-order valence-electron chi connectivity index (χ0n) is 14.5. The Morgan fingerprint density at radius 1 is 1.12 bits per heavy atom. The van der Waals surface area contributed by atoms with E-state index in [9.17, 15) is 10.1 Å². The Morgan fingerprint density at radius 3 is 2.46 bits per heavy atom. The first-order chi connectivity index (χ1) is 12.6. The van der Waals surface area contributed by atoms with E-state index >= 15 is 0 Å². The summed E-state index contributed by atoms with van der Waals surface area (Å²) in [5.41, 5.74) is 1.67. The predicted octanol–water partition coefficient (Wildman–Crippen LogP) is 3.27. The number of ether oxygens (including phenoxy) is 2. The molecule has 0 atom stereocenters. The molecular formula is C20H17N3O3. The van der Waals surface area contributed by atoms with Crippen molar-refractivity contribution in [1.29, 1.82) is 5.26 Å². The van der Waals surface area contributed by atoms with Crippen LogP contribution in [0.3, 0.4) is 0 Å². The van der Waals surface area contributed by atoms with Gasteiger partial charge >= 0.3 is 5.56 Å². The lowest BCUT2D eigenvalue weighted by Crippen LogP contribution is -2.25. The third-order valence-electron chi connectivity index (χ3n) is 3.98. The van der Waals surface area contributed by atoms with Crippen molar-refractivity contribution in [2.24, 2.45) is 0 Å². The van der Waals surface area contributed by atoms with E-state index in [1.807, 2.05) is 37.3 Å². The summed E-state index contributed by atoms with van der Waals surface area (Å²) in [6.07, 6.45) is 1.35. The number of nitriles is 1. The molecule has 0 N–H and O–H groups in total. The Bertz CT molecular complexity index is 1020. The van der Waals surface area contributed by atoms with Crippen LogP contribution in [0.5, 0.6) is 17.2 Å². The Morgan fingerprint density at radius 2 is 1.81 bits per heavy atom. The molecule has 0 fully saturated rings. The van der Waals surface area contributed by atoms with Crippen LogP contribution < -0.4 is 15.0 Å². The van der Waals surface area contributed by atoms with Crippen LogP contribution in [0.15, 0.2) is 59.5 Å². The molecule has 0 saturated heterocycles. The third-order valence-corrected chi connectivity index (χ3v) is 3.98. The number of hydrogen-bond donors (Lipinski definition) is 0. The molecule has 1 heterocycles. The summed E-state index contributed by atoms with van der Waals surface area (Å²) in [6.45, 7) is 2.27. The second-order valence-electron chi connectivity index (χ2n) is 5.67. The first kappa shape index (κ1) is 17.2. The Labute approximate surface area is 150 Å². The minimum atomic E-state index is -0.455. The van der Waals surface area contributed by atoms with Crippen molar-refractivity contribution < 1.29 is 9.47 Å². The highest BCUT2D eigenvalue weighted by Gasteiger charge is 2.15. The predicted molar refractivity (Wildman–Crippen MR) is 96.6 cm³/mol. The second-order valence-corrected chi connectivity index (χ2v) is 5.67. The van der Waals surface area contributed by atoms with E-state index in [1.54, 1.807) is 31.4 Å². The van der Waals surface area contributed by atoms with Crippen LogP contribution in [0.25, 0.3) is 0 Å². The van der Waals surface area contributed by atoms with Crippen LogP contribution in [0.1, 0.15) is 16.7 Å². The SMILES string of the molecule is COc1ccc(Oc2c(C#N)cnn(Cc3ccccc3C)c2=O)cc1. The fourth-order valence-corrected chi connectivity index (χ4v) is 2.47. The molecule has 1 aromatic heterocycles. The Hall–Kier alpha value is -3.59. The van der Waals surface area contributed by atoms with Gasteiger partial charge in [0.25, 0.3) is 0 Å². The normalized spacial score (nSPS) is 10.2. The largest absolute Gasteiger partial charge is 0.497 e. The van der Waals surface area contributed by atoms with Gasteiger partial charge in [-0.15, -0.1) is 0 Å². The molecular weight excluding hydrogens is 330 g/mol. The van der Waals surface area contributed by atoms with E-state index in [0.29, 0.717) is 18.0 Å². The molecule has 0 aliphatic heterocycles. The number of methoxy groups -OCH3 is 1. The van der Waals surface area contributed by atoms with Gasteiger partial charge in [0.2, 0.25) is 5.75 Å². The van der Waals surface area contributed by atoms with Crippen LogP contribution in [-0.4, -0.2) is 16.9 Å². The van der Waals surface area contributed by atoms with E-state index in [0.717, 1.165) is 11.1 Å². The van der Waals surface area contributed by atoms with Crippen LogP contribution in [0, 0.1) is 18.3 Å². The highest BCUT2D eigenvalue weighted by Crippen LogP contribution is 2.23. The summed E-state index contributed by atoms with van der Waals surface area (Å²) in [7, 11) is 1.57. The molecule has 0 aliphatic rings. The van der Waals surface area contributed by atoms with Gasteiger partial charge in [0, 0.05) is 0 Å². The molecule has 6 heteroatoms. The van der Waals surface area contributed by atoms with Gasteiger partial charge in [0.1, 0.15) is 23.1 Å². The molecule has 0 spiro atoms. The Balaban J connectivity index is 1.97. The molecule has 0 saturated carbocycles. The zero-order valence-corrected chi connectivity index (χ0v) is 14.5. The van der Waals surface area contributed by atoms with Crippen molar-refractivity contribution >= 4 is 0 Å². The highest BCUT2D eigenvalue weighted by atomic mass is 16.5.